The number of benzene rings is 2. The maximum absolute atomic E-state index is 12.0. The number of hydrogen-bond donors (Lipinski definition) is 1. The normalized spacial score (nSPS) is 17.2. The summed E-state index contributed by atoms with van der Waals surface area (Å²) in [7, 11) is 1.61. The highest BCUT2D eigenvalue weighted by Crippen LogP contribution is 2.34. The number of aromatic hydroxyl groups is 1. The van der Waals surface area contributed by atoms with Crippen molar-refractivity contribution in [2.45, 2.75) is 12.5 Å². The Morgan fingerprint density at radius 1 is 1.20 bits per heavy atom. The highest BCUT2D eigenvalue weighted by Gasteiger charge is 2.29. The second-order valence-corrected chi connectivity index (χ2v) is 4.68. The fourth-order valence-corrected chi connectivity index (χ4v) is 2.43. The van der Waals surface area contributed by atoms with Gasteiger partial charge < -0.3 is 14.6 Å². The van der Waals surface area contributed by atoms with Crippen LogP contribution in [-0.2, 0) is 11.2 Å². The quantitative estimate of drug-likeness (QED) is 0.852. The van der Waals surface area contributed by atoms with Crippen LogP contribution in [0, 0.1) is 0 Å². The van der Waals surface area contributed by atoms with E-state index in [0.29, 0.717) is 6.42 Å². The van der Waals surface area contributed by atoms with E-state index in [2.05, 4.69) is 0 Å². The standard InChI is InChI=1S/C16H14O4/c1-19-12-7-5-10(6-8-12)14-9-11-3-2-4-13(17)15(11)16(18)20-14/h2-8,14,17H,9H2,1H3. The number of hydrogen-bond acceptors (Lipinski definition) is 4. The molecule has 1 atom stereocenters. The second kappa shape index (κ2) is 4.89. The van der Waals surface area contributed by atoms with Crippen molar-refractivity contribution >= 4 is 5.97 Å². The monoisotopic (exact) mass is 270 g/mol. The van der Waals surface area contributed by atoms with Crippen molar-refractivity contribution in [3.63, 3.8) is 0 Å². The Morgan fingerprint density at radius 3 is 2.65 bits per heavy atom. The van der Waals surface area contributed by atoms with Crippen LogP contribution in [0.5, 0.6) is 11.5 Å². The molecule has 20 heavy (non-hydrogen) atoms. The highest BCUT2D eigenvalue weighted by atomic mass is 16.5. The molecule has 1 aliphatic heterocycles. The summed E-state index contributed by atoms with van der Waals surface area (Å²) in [5, 5.41) is 9.73. The average molecular weight is 270 g/mol. The van der Waals surface area contributed by atoms with E-state index >= 15 is 0 Å². The molecule has 0 spiro atoms. The fourth-order valence-electron chi connectivity index (χ4n) is 2.43. The lowest BCUT2D eigenvalue weighted by atomic mass is 9.94. The Morgan fingerprint density at radius 2 is 1.95 bits per heavy atom. The molecular weight excluding hydrogens is 256 g/mol. The summed E-state index contributed by atoms with van der Waals surface area (Å²) in [4.78, 5) is 12.0. The number of esters is 1. The molecule has 4 nitrogen and oxygen atoms in total. The van der Waals surface area contributed by atoms with Gasteiger partial charge in [0.15, 0.2) is 0 Å². The van der Waals surface area contributed by atoms with E-state index < -0.39 is 5.97 Å². The predicted molar refractivity (Wildman–Crippen MR) is 73.0 cm³/mol. The Labute approximate surface area is 116 Å². The minimum atomic E-state index is -0.481. The molecule has 0 aliphatic carbocycles. The molecule has 0 aromatic heterocycles. The van der Waals surface area contributed by atoms with Crippen molar-refractivity contribution in [2.24, 2.45) is 0 Å². The van der Waals surface area contributed by atoms with Gasteiger partial charge in [-0.05, 0) is 29.3 Å². The van der Waals surface area contributed by atoms with Gasteiger partial charge in [0.1, 0.15) is 23.2 Å². The molecule has 0 saturated heterocycles. The zero-order valence-corrected chi connectivity index (χ0v) is 11.0. The molecule has 0 saturated carbocycles. The lowest BCUT2D eigenvalue weighted by molar-refractivity contribution is 0.0248. The fraction of sp³-hybridized carbons (Fsp3) is 0.188. The highest BCUT2D eigenvalue weighted by molar-refractivity contribution is 5.95. The maximum Gasteiger partial charge on any atom is 0.342 e. The largest absolute Gasteiger partial charge is 0.507 e. The number of cyclic esters (lactones) is 1. The van der Waals surface area contributed by atoms with E-state index in [0.717, 1.165) is 16.9 Å². The van der Waals surface area contributed by atoms with Gasteiger partial charge in [0.05, 0.1) is 7.11 Å². The van der Waals surface area contributed by atoms with Gasteiger partial charge >= 0.3 is 5.97 Å². The van der Waals surface area contributed by atoms with Crippen LogP contribution in [0.15, 0.2) is 42.5 Å². The van der Waals surface area contributed by atoms with E-state index in [1.807, 2.05) is 30.3 Å². The van der Waals surface area contributed by atoms with Gasteiger partial charge in [0, 0.05) is 6.42 Å². The summed E-state index contributed by atoms with van der Waals surface area (Å²) in [6, 6.07) is 12.5. The van der Waals surface area contributed by atoms with Crippen LogP contribution in [0.3, 0.4) is 0 Å². The van der Waals surface area contributed by atoms with Crippen molar-refractivity contribution in [1.82, 2.24) is 0 Å². The van der Waals surface area contributed by atoms with Gasteiger partial charge in [0.25, 0.3) is 0 Å². The van der Waals surface area contributed by atoms with Gasteiger partial charge in [-0.1, -0.05) is 24.3 Å². The molecule has 2 aromatic carbocycles. The topological polar surface area (TPSA) is 55.8 Å². The van der Waals surface area contributed by atoms with E-state index in [4.69, 9.17) is 9.47 Å². The van der Waals surface area contributed by atoms with Crippen LogP contribution in [0.25, 0.3) is 0 Å². The summed E-state index contributed by atoms with van der Waals surface area (Å²) < 4.78 is 10.5. The zero-order chi connectivity index (χ0) is 14.1. The Balaban J connectivity index is 1.93. The molecule has 0 fully saturated rings. The molecule has 1 unspecified atom stereocenters. The first-order chi connectivity index (χ1) is 9.69. The summed E-state index contributed by atoms with van der Waals surface area (Å²) in [5.74, 6) is 0.250. The van der Waals surface area contributed by atoms with Gasteiger partial charge in [-0.25, -0.2) is 4.79 Å². The van der Waals surface area contributed by atoms with Crippen LogP contribution in [0.2, 0.25) is 0 Å². The number of carbonyl (C=O) groups is 1. The number of fused-ring (bicyclic) bond motifs is 1. The number of phenols is 1. The number of rotatable bonds is 2. The maximum atomic E-state index is 12.0. The number of carbonyl (C=O) groups excluding carboxylic acids is 1. The van der Waals surface area contributed by atoms with Gasteiger partial charge in [0.2, 0.25) is 0 Å². The summed E-state index contributed by atoms with van der Waals surface area (Å²) >= 11 is 0. The third-order valence-electron chi connectivity index (χ3n) is 3.48. The van der Waals surface area contributed by atoms with Crippen molar-refractivity contribution in [2.75, 3.05) is 7.11 Å². The Kier molecular flexibility index (Phi) is 3.06. The molecule has 4 heteroatoms. The zero-order valence-electron chi connectivity index (χ0n) is 11.0. The van der Waals surface area contributed by atoms with Gasteiger partial charge in [-0.15, -0.1) is 0 Å². The smallest absolute Gasteiger partial charge is 0.342 e. The average Bonchev–Trinajstić information content (AvgIpc) is 2.47. The summed E-state index contributed by atoms with van der Waals surface area (Å²) in [6.07, 6.45) is 0.227. The molecule has 0 amide bonds. The van der Waals surface area contributed by atoms with Crippen molar-refractivity contribution < 1.29 is 19.4 Å². The second-order valence-electron chi connectivity index (χ2n) is 4.68. The first-order valence-corrected chi connectivity index (χ1v) is 6.35. The van der Waals surface area contributed by atoms with E-state index in [9.17, 15) is 9.90 Å². The summed E-state index contributed by atoms with van der Waals surface area (Å²) in [6.45, 7) is 0. The van der Waals surface area contributed by atoms with Crippen molar-refractivity contribution in [3.05, 3.63) is 59.2 Å². The first kappa shape index (κ1) is 12.5. The van der Waals surface area contributed by atoms with Crippen molar-refractivity contribution in [3.8, 4) is 11.5 Å². The molecule has 0 bridgehead atoms. The van der Waals surface area contributed by atoms with E-state index in [-0.39, 0.29) is 17.4 Å². The number of ether oxygens (including phenoxy) is 2. The van der Waals surface area contributed by atoms with Crippen LogP contribution < -0.4 is 4.74 Å². The van der Waals surface area contributed by atoms with Crippen LogP contribution in [0.4, 0.5) is 0 Å². The third-order valence-corrected chi connectivity index (χ3v) is 3.48. The first-order valence-electron chi connectivity index (χ1n) is 6.35. The SMILES string of the molecule is COc1ccc(C2Cc3cccc(O)c3C(=O)O2)cc1. The molecule has 1 heterocycles. The van der Waals surface area contributed by atoms with Crippen LogP contribution in [0.1, 0.15) is 27.6 Å². The van der Waals surface area contributed by atoms with Gasteiger partial charge in [-0.2, -0.15) is 0 Å². The number of methoxy groups -OCH3 is 1. The molecule has 102 valence electrons. The molecule has 2 aromatic rings. The molecular formula is C16H14O4. The molecule has 1 N–H and O–H groups in total. The van der Waals surface area contributed by atoms with Crippen LogP contribution in [-0.4, -0.2) is 18.2 Å². The Bertz CT molecular complexity index is 646. The van der Waals surface area contributed by atoms with E-state index in [1.165, 1.54) is 6.07 Å². The van der Waals surface area contributed by atoms with Crippen LogP contribution >= 0.6 is 0 Å². The van der Waals surface area contributed by atoms with Crippen molar-refractivity contribution in [1.29, 1.82) is 0 Å². The minimum Gasteiger partial charge on any atom is -0.507 e. The number of phenolic OH excluding ortho intramolecular Hbond substituents is 1. The minimum absolute atomic E-state index is 0.0271. The lowest BCUT2D eigenvalue weighted by Gasteiger charge is -2.25. The lowest BCUT2D eigenvalue weighted by Crippen LogP contribution is -2.21. The summed E-state index contributed by atoms with van der Waals surface area (Å²) in [5.41, 5.74) is 1.99. The van der Waals surface area contributed by atoms with E-state index in [1.54, 1.807) is 13.2 Å². The molecule has 3 rings (SSSR count). The molecule has 0 radical (unpaired) electrons. The van der Waals surface area contributed by atoms with Gasteiger partial charge in [-0.3, -0.25) is 0 Å². The molecule has 1 aliphatic rings. The predicted octanol–water partition coefficient (Wildman–Crippen LogP) is 2.86. The third kappa shape index (κ3) is 2.09. The Hall–Kier alpha value is -2.49.